The van der Waals surface area contributed by atoms with Gasteiger partial charge in [0.05, 0.1) is 17.0 Å². The minimum Gasteiger partial charge on any atom is -0.488 e. The van der Waals surface area contributed by atoms with E-state index >= 15 is 0 Å². The first-order chi connectivity index (χ1) is 14.9. The number of carbonyl (C=O) groups is 1. The number of nitrogens with zero attached hydrogens (tertiary/aromatic N) is 1. The zero-order valence-electron chi connectivity index (χ0n) is 17.8. The molecule has 2 aromatic carbocycles. The number of nitrogens with one attached hydrogen (secondary N) is 1. The molecule has 2 aliphatic rings. The van der Waals surface area contributed by atoms with Crippen LogP contribution in [0.5, 0.6) is 5.75 Å². The minimum atomic E-state index is -0.740. The van der Waals surface area contributed by atoms with E-state index in [2.05, 4.69) is 48.6 Å². The van der Waals surface area contributed by atoms with Crippen LogP contribution >= 0.6 is 11.3 Å². The van der Waals surface area contributed by atoms with Gasteiger partial charge in [-0.05, 0) is 49.9 Å². The van der Waals surface area contributed by atoms with Gasteiger partial charge in [0.1, 0.15) is 17.4 Å². The molecule has 1 aliphatic carbocycles. The van der Waals surface area contributed by atoms with E-state index in [9.17, 15) is 9.90 Å². The summed E-state index contributed by atoms with van der Waals surface area (Å²) in [5.41, 5.74) is 5.72. The number of rotatable bonds is 6. The third-order valence-corrected chi connectivity index (χ3v) is 7.75. The van der Waals surface area contributed by atoms with E-state index in [4.69, 9.17) is 9.72 Å². The summed E-state index contributed by atoms with van der Waals surface area (Å²) < 4.78 is 6.13. The highest BCUT2D eigenvalue weighted by atomic mass is 32.1. The van der Waals surface area contributed by atoms with Crippen LogP contribution in [0.2, 0.25) is 0 Å². The van der Waals surface area contributed by atoms with Crippen LogP contribution in [-0.2, 0) is 17.8 Å². The van der Waals surface area contributed by atoms with Crippen LogP contribution in [0.25, 0.3) is 10.6 Å². The largest absolute Gasteiger partial charge is 0.488 e. The molecule has 0 saturated carbocycles. The van der Waals surface area contributed by atoms with E-state index < -0.39 is 5.97 Å². The van der Waals surface area contributed by atoms with Crippen LogP contribution in [0.3, 0.4) is 0 Å². The molecule has 2 N–H and O–H groups in total. The van der Waals surface area contributed by atoms with Crippen LogP contribution in [-0.4, -0.2) is 28.1 Å². The second kappa shape index (κ2) is 7.77. The lowest BCUT2D eigenvalue weighted by Gasteiger charge is -2.32. The highest BCUT2D eigenvalue weighted by Crippen LogP contribution is 2.47. The van der Waals surface area contributed by atoms with Crippen molar-refractivity contribution in [2.75, 3.05) is 6.54 Å². The SMILES string of the molecule is Cc1ccc(-c2nc(C)c(COc3ccc4c(c3)CCC3(CN3)C4CC(=O)O)s2)cc1. The zero-order valence-corrected chi connectivity index (χ0v) is 18.6. The van der Waals surface area contributed by atoms with Crippen molar-refractivity contribution in [2.45, 2.75) is 51.2 Å². The molecule has 1 saturated heterocycles. The first kappa shape index (κ1) is 20.2. The number of aromatic nitrogens is 1. The molecule has 2 heterocycles. The molecule has 0 amide bonds. The number of fused-ring (bicyclic) bond motifs is 1. The number of benzene rings is 2. The summed E-state index contributed by atoms with van der Waals surface area (Å²) in [6, 6.07) is 14.6. The van der Waals surface area contributed by atoms with Gasteiger partial charge in [-0.2, -0.15) is 0 Å². The Kier molecular flexibility index (Phi) is 5.07. The molecule has 5 rings (SSSR count). The van der Waals surface area contributed by atoms with Gasteiger partial charge in [0, 0.05) is 23.6 Å². The van der Waals surface area contributed by atoms with Gasteiger partial charge in [0.25, 0.3) is 0 Å². The Morgan fingerprint density at radius 1 is 1.26 bits per heavy atom. The Labute approximate surface area is 186 Å². The summed E-state index contributed by atoms with van der Waals surface area (Å²) in [6.07, 6.45) is 2.10. The van der Waals surface area contributed by atoms with Gasteiger partial charge in [-0.3, -0.25) is 4.79 Å². The number of aryl methyl sites for hydroxylation is 3. The van der Waals surface area contributed by atoms with Gasteiger partial charge in [0.15, 0.2) is 0 Å². The summed E-state index contributed by atoms with van der Waals surface area (Å²) in [5.74, 6) is 0.122. The molecular weight excluding hydrogens is 408 g/mol. The highest BCUT2D eigenvalue weighted by molar-refractivity contribution is 7.15. The Morgan fingerprint density at radius 3 is 2.74 bits per heavy atom. The second-order valence-corrected chi connectivity index (χ2v) is 9.79. The van der Waals surface area contributed by atoms with Crippen LogP contribution in [0.4, 0.5) is 0 Å². The van der Waals surface area contributed by atoms with Crippen molar-refractivity contribution in [3.63, 3.8) is 0 Å². The predicted octanol–water partition coefficient (Wildman–Crippen LogP) is 4.85. The van der Waals surface area contributed by atoms with E-state index in [0.717, 1.165) is 51.8 Å². The molecule has 1 fully saturated rings. The van der Waals surface area contributed by atoms with Gasteiger partial charge >= 0.3 is 5.97 Å². The maximum absolute atomic E-state index is 11.4. The Balaban J connectivity index is 1.32. The fourth-order valence-corrected chi connectivity index (χ4v) is 5.59. The summed E-state index contributed by atoms with van der Waals surface area (Å²) in [6.45, 7) is 5.51. The quantitative estimate of drug-likeness (QED) is 0.542. The van der Waals surface area contributed by atoms with E-state index in [1.807, 2.05) is 13.0 Å². The first-order valence-electron chi connectivity index (χ1n) is 10.7. The van der Waals surface area contributed by atoms with E-state index in [1.54, 1.807) is 11.3 Å². The normalized spacial score (nSPS) is 21.7. The van der Waals surface area contributed by atoms with Crippen molar-refractivity contribution in [2.24, 2.45) is 0 Å². The van der Waals surface area contributed by atoms with Gasteiger partial charge in [-0.25, -0.2) is 4.98 Å². The minimum absolute atomic E-state index is 0.0140. The molecule has 1 aliphatic heterocycles. The average Bonchev–Trinajstić information content (AvgIpc) is 3.43. The number of carboxylic acids is 1. The van der Waals surface area contributed by atoms with Crippen LogP contribution in [0.1, 0.15) is 46.0 Å². The van der Waals surface area contributed by atoms with E-state index in [0.29, 0.717) is 6.61 Å². The lowest BCUT2D eigenvalue weighted by Crippen LogP contribution is -2.33. The van der Waals surface area contributed by atoms with Crippen LogP contribution in [0.15, 0.2) is 42.5 Å². The fourth-order valence-electron chi connectivity index (χ4n) is 4.61. The highest BCUT2D eigenvalue weighted by Gasteiger charge is 2.52. The number of hydrogen-bond acceptors (Lipinski definition) is 5. The summed E-state index contributed by atoms with van der Waals surface area (Å²) in [5, 5.41) is 13.8. The van der Waals surface area contributed by atoms with Gasteiger partial charge in [-0.15, -0.1) is 11.3 Å². The standard InChI is InChI=1S/C25H26N2O3S/c1-15-3-5-17(6-4-15)24-27-16(2)22(31-24)13-30-19-7-8-20-18(11-19)9-10-25(14-26-25)21(20)12-23(28)29/h3-8,11,21,26H,9-10,12-14H2,1-2H3,(H,28,29). The lowest BCUT2D eigenvalue weighted by molar-refractivity contribution is -0.137. The maximum atomic E-state index is 11.4. The van der Waals surface area contributed by atoms with E-state index in [-0.39, 0.29) is 17.9 Å². The van der Waals surface area contributed by atoms with Crippen molar-refractivity contribution in [3.05, 3.63) is 69.7 Å². The zero-order chi connectivity index (χ0) is 21.6. The molecular formula is C25H26N2O3S. The molecule has 31 heavy (non-hydrogen) atoms. The third-order valence-electron chi connectivity index (χ3n) is 6.57. The molecule has 3 aromatic rings. The molecule has 2 atom stereocenters. The smallest absolute Gasteiger partial charge is 0.304 e. The second-order valence-electron chi connectivity index (χ2n) is 8.70. The van der Waals surface area contributed by atoms with Crippen LogP contribution < -0.4 is 10.1 Å². The third kappa shape index (κ3) is 3.98. The summed E-state index contributed by atoms with van der Waals surface area (Å²) in [7, 11) is 0. The Morgan fingerprint density at radius 2 is 2.03 bits per heavy atom. The Bertz CT molecular complexity index is 1130. The van der Waals surface area contributed by atoms with Crippen molar-refractivity contribution in [3.8, 4) is 16.3 Å². The molecule has 160 valence electrons. The van der Waals surface area contributed by atoms with Crippen molar-refractivity contribution in [1.82, 2.24) is 10.3 Å². The maximum Gasteiger partial charge on any atom is 0.304 e. The van der Waals surface area contributed by atoms with E-state index in [1.165, 1.54) is 11.1 Å². The first-order valence-corrected chi connectivity index (χ1v) is 11.5. The monoisotopic (exact) mass is 434 g/mol. The molecule has 5 nitrogen and oxygen atoms in total. The topological polar surface area (TPSA) is 81.4 Å². The van der Waals surface area contributed by atoms with Crippen molar-refractivity contribution >= 4 is 17.3 Å². The average molecular weight is 435 g/mol. The number of carboxylic acid groups (broad SMARTS) is 1. The Hall–Kier alpha value is -2.70. The van der Waals surface area contributed by atoms with Crippen LogP contribution in [0, 0.1) is 13.8 Å². The lowest BCUT2D eigenvalue weighted by atomic mass is 9.73. The van der Waals surface area contributed by atoms with Gasteiger partial charge in [0.2, 0.25) is 0 Å². The van der Waals surface area contributed by atoms with Crippen molar-refractivity contribution in [1.29, 1.82) is 0 Å². The number of ether oxygens (including phenoxy) is 1. The molecule has 0 bridgehead atoms. The van der Waals surface area contributed by atoms with Gasteiger partial charge in [-0.1, -0.05) is 35.9 Å². The molecule has 1 spiro atoms. The molecule has 2 unspecified atom stereocenters. The summed E-state index contributed by atoms with van der Waals surface area (Å²) >= 11 is 1.67. The van der Waals surface area contributed by atoms with Gasteiger partial charge < -0.3 is 15.2 Å². The van der Waals surface area contributed by atoms with Crippen molar-refractivity contribution < 1.29 is 14.6 Å². The molecule has 1 aromatic heterocycles. The molecule has 0 radical (unpaired) electrons. The predicted molar refractivity (Wildman–Crippen MR) is 122 cm³/mol. The number of aliphatic carboxylic acids is 1. The molecule has 6 heteroatoms. The fraction of sp³-hybridized carbons (Fsp3) is 0.360. The summed E-state index contributed by atoms with van der Waals surface area (Å²) in [4.78, 5) is 17.3. The number of thiazole rings is 1. The number of hydrogen-bond donors (Lipinski definition) is 2.